The quantitative estimate of drug-likeness (QED) is 0.495. The maximum absolute atomic E-state index is 10.5. The summed E-state index contributed by atoms with van der Waals surface area (Å²) in [6, 6.07) is 0. The van der Waals surface area contributed by atoms with Crippen LogP contribution in [-0.2, 0) is 9.53 Å². The van der Waals surface area contributed by atoms with Gasteiger partial charge in [-0.05, 0) is 13.0 Å². The van der Waals surface area contributed by atoms with E-state index in [2.05, 4.69) is 5.32 Å². The highest BCUT2D eigenvalue weighted by Gasteiger charge is 2.24. The van der Waals surface area contributed by atoms with Crippen LogP contribution in [0.2, 0.25) is 0 Å². The molecule has 0 radical (unpaired) electrons. The van der Waals surface area contributed by atoms with Crippen LogP contribution in [0.3, 0.4) is 0 Å². The third kappa shape index (κ3) is 2.48. The molecule has 1 aliphatic rings. The van der Waals surface area contributed by atoms with Gasteiger partial charge in [0.05, 0.1) is 6.10 Å². The summed E-state index contributed by atoms with van der Waals surface area (Å²) >= 11 is 0. The number of ether oxygens (including phenoxy) is 1. The van der Waals surface area contributed by atoms with Crippen LogP contribution in [0.15, 0.2) is 0 Å². The van der Waals surface area contributed by atoms with Gasteiger partial charge in [0.15, 0.2) is 0 Å². The molecule has 1 saturated heterocycles. The first-order chi connectivity index (χ1) is 5.20. The third-order valence-corrected chi connectivity index (χ3v) is 1.71. The fourth-order valence-electron chi connectivity index (χ4n) is 1.15. The van der Waals surface area contributed by atoms with E-state index in [9.17, 15) is 9.90 Å². The largest absolute Gasteiger partial charge is 0.458 e. The molecule has 1 rings (SSSR count). The van der Waals surface area contributed by atoms with Crippen molar-refractivity contribution in [2.24, 2.45) is 0 Å². The van der Waals surface area contributed by atoms with Crippen LogP contribution in [0.4, 0.5) is 0 Å². The number of aliphatic hydroxyl groups is 1. The van der Waals surface area contributed by atoms with E-state index in [-0.39, 0.29) is 12.1 Å². The number of hydrogen-bond donors (Lipinski definition) is 2. The first-order valence-electron chi connectivity index (χ1n) is 3.76. The molecule has 2 unspecified atom stereocenters. The van der Waals surface area contributed by atoms with Gasteiger partial charge in [-0.25, -0.2) is 0 Å². The number of hydrogen-bond acceptors (Lipinski definition) is 4. The molecule has 0 amide bonds. The van der Waals surface area contributed by atoms with E-state index in [0.717, 1.165) is 6.54 Å². The molecule has 2 N–H and O–H groups in total. The average molecular weight is 159 g/mol. The van der Waals surface area contributed by atoms with Gasteiger partial charge < -0.3 is 15.2 Å². The lowest BCUT2D eigenvalue weighted by Crippen LogP contribution is -2.46. The molecule has 1 fully saturated rings. The number of carbonyl (C=O) groups excluding carboxylic acids is 1. The number of nitrogens with one attached hydrogen (secondary N) is 1. The Balaban J connectivity index is 2.35. The molecule has 64 valence electrons. The summed E-state index contributed by atoms with van der Waals surface area (Å²) < 4.78 is 4.85. The zero-order chi connectivity index (χ0) is 8.27. The predicted octanol–water partition coefficient (Wildman–Crippen LogP) is -0.728. The van der Waals surface area contributed by atoms with Gasteiger partial charge in [0.2, 0.25) is 0 Å². The number of carbonyl (C=O) groups is 1. The van der Waals surface area contributed by atoms with Crippen molar-refractivity contribution >= 4 is 5.97 Å². The van der Waals surface area contributed by atoms with E-state index in [0.29, 0.717) is 13.0 Å². The Kier molecular flexibility index (Phi) is 2.84. The van der Waals surface area contributed by atoms with Gasteiger partial charge in [-0.3, -0.25) is 4.79 Å². The minimum absolute atomic E-state index is 0.335. The van der Waals surface area contributed by atoms with Crippen molar-refractivity contribution in [1.82, 2.24) is 5.32 Å². The van der Waals surface area contributed by atoms with Crippen LogP contribution in [-0.4, -0.2) is 36.4 Å². The van der Waals surface area contributed by atoms with Crippen LogP contribution >= 0.6 is 0 Å². The highest BCUT2D eigenvalue weighted by Crippen LogP contribution is 2.07. The van der Waals surface area contributed by atoms with E-state index in [4.69, 9.17) is 4.74 Å². The van der Waals surface area contributed by atoms with Gasteiger partial charge in [0, 0.05) is 13.5 Å². The first kappa shape index (κ1) is 8.49. The molecule has 1 heterocycles. The Morgan fingerprint density at radius 3 is 3.00 bits per heavy atom. The average Bonchev–Trinajstić information content (AvgIpc) is 1.93. The Morgan fingerprint density at radius 2 is 2.45 bits per heavy atom. The minimum Gasteiger partial charge on any atom is -0.458 e. The smallest absolute Gasteiger partial charge is 0.303 e. The van der Waals surface area contributed by atoms with Crippen molar-refractivity contribution in [1.29, 1.82) is 0 Å². The predicted molar refractivity (Wildman–Crippen MR) is 39.0 cm³/mol. The molecule has 2 atom stereocenters. The molecule has 0 aromatic heterocycles. The SMILES string of the molecule is CC(=O)OC1CNCCC1O. The van der Waals surface area contributed by atoms with Crippen LogP contribution < -0.4 is 5.32 Å². The number of esters is 1. The molecule has 11 heavy (non-hydrogen) atoms. The van der Waals surface area contributed by atoms with Crippen molar-refractivity contribution in [3.05, 3.63) is 0 Å². The lowest BCUT2D eigenvalue weighted by molar-refractivity contribution is -0.153. The van der Waals surface area contributed by atoms with Crippen molar-refractivity contribution in [2.75, 3.05) is 13.1 Å². The van der Waals surface area contributed by atoms with Crippen molar-refractivity contribution in [2.45, 2.75) is 25.6 Å². The molecule has 1 aliphatic heterocycles. The Morgan fingerprint density at radius 1 is 1.73 bits per heavy atom. The van der Waals surface area contributed by atoms with Crippen LogP contribution in [0.1, 0.15) is 13.3 Å². The molecule has 0 aliphatic carbocycles. The third-order valence-electron chi connectivity index (χ3n) is 1.71. The van der Waals surface area contributed by atoms with Crippen molar-refractivity contribution in [3.8, 4) is 0 Å². The van der Waals surface area contributed by atoms with E-state index < -0.39 is 6.10 Å². The molecular weight excluding hydrogens is 146 g/mol. The molecule has 0 bridgehead atoms. The second-order valence-corrected chi connectivity index (χ2v) is 2.71. The fourth-order valence-corrected chi connectivity index (χ4v) is 1.15. The maximum atomic E-state index is 10.5. The zero-order valence-corrected chi connectivity index (χ0v) is 6.54. The van der Waals surface area contributed by atoms with Crippen molar-refractivity contribution in [3.63, 3.8) is 0 Å². The summed E-state index contributed by atoms with van der Waals surface area (Å²) in [6.45, 7) is 2.70. The summed E-state index contributed by atoms with van der Waals surface area (Å²) in [7, 11) is 0. The fraction of sp³-hybridized carbons (Fsp3) is 0.857. The molecule has 4 nitrogen and oxygen atoms in total. The van der Waals surface area contributed by atoms with E-state index in [1.165, 1.54) is 6.92 Å². The monoisotopic (exact) mass is 159 g/mol. The van der Waals surface area contributed by atoms with E-state index >= 15 is 0 Å². The summed E-state index contributed by atoms with van der Waals surface area (Å²) in [4.78, 5) is 10.5. The second kappa shape index (κ2) is 3.69. The summed E-state index contributed by atoms with van der Waals surface area (Å²) in [6.07, 6.45) is -0.209. The zero-order valence-electron chi connectivity index (χ0n) is 6.54. The molecule has 0 aromatic carbocycles. The molecule has 0 saturated carbocycles. The summed E-state index contributed by atoms with van der Waals surface area (Å²) in [5, 5.41) is 12.3. The molecule has 4 heteroatoms. The topological polar surface area (TPSA) is 58.6 Å². The normalized spacial score (nSPS) is 31.5. The highest BCUT2D eigenvalue weighted by molar-refractivity contribution is 5.66. The Bertz CT molecular complexity index is 149. The standard InChI is InChI=1S/C7H13NO3/c1-5(9)11-7-4-8-3-2-6(7)10/h6-8,10H,2-4H2,1H3. The van der Waals surface area contributed by atoms with Gasteiger partial charge in [0.1, 0.15) is 6.10 Å². The van der Waals surface area contributed by atoms with Crippen LogP contribution in [0.25, 0.3) is 0 Å². The van der Waals surface area contributed by atoms with E-state index in [1.807, 2.05) is 0 Å². The number of aliphatic hydroxyl groups excluding tert-OH is 1. The second-order valence-electron chi connectivity index (χ2n) is 2.71. The molecule has 0 aromatic rings. The lowest BCUT2D eigenvalue weighted by atomic mass is 10.1. The van der Waals surface area contributed by atoms with Gasteiger partial charge in [-0.15, -0.1) is 0 Å². The number of rotatable bonds is 1. The van der Waals surface area contributed by atoms with Crippen LogP contribution in [0.5, 0.6) is 0 Å². The molecular formula is C7H13NO3. The summed E-state index contributed by atoms with van der Waals surface area (Å²) in [5.74, 6) is -0.335. The number of piperidine rings is 1. The Hall–Kier alpha value is -0.610. The van der Waals surface area contributed by atoms with Crippen LogP contribution in [0, 0.1) is 0 Å². The van der Waals surface area contributed by atoms with Gasteiger partial charge >= 0.3 is 5.97 Å². The summed E-state index contributed by atoms with van der Waals surface area (Å²) in [5.41, 5.74) is 0. The molecule has 0 spiro atoms. The van der Waals surface area contributed by atoms with Gasteiger partial charge in [-0.2, -0.15) is 0 Å². The van der Waals surface area contributed by atoms with Gasteiger partial charge in [-0.1, -0.05) is 0 Å². The minimum atomic E-state index is -0.500. The maximum Gasteiger partial charge on any atom is 0.303 e. The lowest BCUT2D eigenvalue weighted by Gasteiger charge is -2.27. The van der Waals surface area contributed by atoms with E-state index in [1.54, 1.807) is 0 Å². The van der Waals surface area contributed by atoms with Crippen molar-refractivity contribution < 1.29 is 14.6 Å². The Labute approximate surface area is 65.5 Å². The highest BCUT2D eigenvalue weighted by atomic mass is 16.6. The van der Waals surface area contributed by atoms with Gasteiger partial charge in [0.25, 0.3) is 0 Å². The first-order valence-corrected chi connectivity index (χ1v) is 3.76.